The van der Waals surface area contributed by atoms with Gasteiger partial charge in [0, 0.05) is 12.6 Å². The lowest BCUT2D eigenvalue weighted by Gasteiger charge is -2.33. The summed E-state index contributed by atoms with van der Waals surface area (Å²) in [5.41, 5.74) is 2.25. The fourth-order valence-corrected chi connectivity index (χ4v) is 7.35. The minimum Gasteiger partial charge on any atom is -0.457 e. The topological polar surface area (TPSA) is 96.0 Å². The zero-order valence-electron chi connectivity index (χ0n) is 27.0. The highest BCUT2D eigenvalue weighted by Gasteiger charge is 2.34. The molecule has 9 heteroatoms. The summed E-state index contributed by atoms with van der Waals surface area (Å²) < 4.78 is 35.5. The molecule has 1 saturated carbocycles. The van der Waals surface area contributed by atoms with Crippen LogP contribution in [-0.2, 0) is 26.0 Å². The summed E-state index contributed by atoms with van der Waals surface area (Å²) >= 11 is 0. The Bertz CT molecular complexity index is 1710. The largest absolute Gasteiger partial charge is 0.457 e. The molecular formula is C38H43N3O5S. The number of nitrogens with zero attached hydrogens (tertiary/aromatic N) is 2. The zero-order valence-corrected chi connectivity index (χ0v) is 27.9. The molecule has 1 fully saturated rings. The molecule has 47 heavy (non-hydrogen) atoms. The lowest BCUT2D eigenvalue weighted by molar-refractivity contribution is -0.139. The van der Waals surface area contributed by atoms with Crippen molar-refractivity contribution in [3.63, 3.8) is 0 Å². The van der Waals surface area contributed by atoms with Gasteiger partial charge < -0.3 is 15.0 Å². The van der Waals surface area contributed by atoms with E-state index in [0.29, 0.717) is 30.0 Å². The summed E-state index contributed by atoms with van der Waals surface area (Å²) in [7, 11) is -4.17. The average Bonchev–Trinajstić information content (AvgIpc) is 3.60. The Kier molecular flexibility index (Phi) is 11.3. The zero-order chi connectivity index (χ0) is 33.2. The lowest BCUT2D eigenvalue weighted by atomic mass is 10.1. The molecule has 0 radical (unpaired) electrons. The number of carbonyl (C=O) groups is 2. The Morgan fingerprint density at radius 2 is 1.43 bits per heavy atom. The van der Waals surface area contributed by atoms with Crippen LogP contribution in [0.4, 0.5) is 5.69 Å². The van der Waals surface area contributed by atoms with Gasteiger partial charge in [-0.1, -0.05) is 86.0 Å². The molecular weight excluding hydrogens is 611 g/mol. The second-order valence-corrected chi connectivity index (χ2v) is 13.8. The third-order valence-corrected chi connectivity index (χ3v) is 10.4. The number of anilines is 1. The highest BCUT2D eigenvalue weighted by Crippen LogP contribution is 2.29. The van der Waals surface area contributed by atoms with E-state index in [1.165, 1.54) is 0 Å². The van der Waals surface area contributed by atoms with Gasteiger partial charge in [-0.05, 0) is 86.7 Å². The molecule has 4 aromatic carbocycles. The van der Waals surface area contributed by atoms with Crippen molar-refractivity contribution in [2.75, 3.05) is 17.4 Å². The van der Waals surface area contributed by atoms with Gasteiger partial charge in [0.05, 0.1) is 10.6 Å². The van der Waals surface area contributed by atoms with Crippen LogP contribution in [-0.4, -0.2) is 50.3 Å². The molecule has 0 heterocycles. The standard InChI is InChI=1S/C38H43N3O5S/c1-3-36(38(43)39-31-14-10-11-15-31)40(27-26-30-12-6-4-7-13-30)37(42)28-41(47(44,45)35-24-18-29(2)19-25-35)32-20-22-34(23-21-32)46-33-16-8-5-9-17-33/h4-9,12-13,16-25,31,36H,3,10-11,14-15,26-28H2,1-2H3,(H,39,43). The Labute approximate surface area is 278 Å². The van der Waals surface area contributed by atoms with Gasteiger partial charge in [-0.15, -0.1) is 0 Å². The molecule has 0 aliphatic heterocycles. The van der Waals surface area contributed by atoms with Crippen molar-refractivity contribution in [3.8, 4) is 11.5 Å². The summed E-state index contributed by atoms with van der Waals surface area (Å²) in [5, 5.41) is 3.16. The molecule has 0 saturated heterocycles. The maximum atomic E-state index is 14.3. The molecule has 0 spiro atoms. The van der Waals surface area contributed by atoms with Crippen molar-refractivity contribution in [2.45, 2.75) is 69.4 Å². The number of aryl methyl sites for hydroxylation is 1. The number of para-hydroxylation sites is 1. The monoisotopic (exact) mass is 653 g/mol. The Hall–Kier alpha value is -4.63. The highest BCUT2D eigenvalue weighted by molar-refractivity contribution is 7.92. The van der Waals surface area contributed by atoms with Crippen LogP contribution in [0.5, 0.6) is 11.5 Å². The fourth-order valence-electron chi connectivity index (χ4n) is 5.93. The van der Waals surface area contributed by atoms with E-state index in [1.54, 1.807) is 53.4 Å². The quantitative estimate of drug-likeness (QED) is 0.160. The van der Waals surface area contributed by atoms with Gasteiger partial charge in [0.2, 0.25) is 11.8 Å². The van der Waals surface area contributed by atoms with Crippen LogP contribution in [0, 0.1) is 6.92 Å². The van der Waals surface area contributed by atoms with Crippen LogP contribution in [0.2, 0.25) is 0 Å². The van der Waals surface area contributed by atoms with E-state index in [4.69, 9.17) is 4.74 Å². The van der Waals surface area contributed by atoms with E-state index in [-0.39, 0.29) is 23.4 Å². The van der Waals surface area contributed by atoms with Gasteiger partial charge in [0.1, 0.15) is 24.1 Å². The van der Waals surface area contributed by atoms with Crippen molar-refractivity contribution in [1.82, 2.24) is 10.2 Å². The molecule has 0 aromatic heterocycles. The van der Waals surface area contributed by atoms with Gasteiger partial charge in [-0.25, -0.2) is 8.42 Å². The summed E-state index contributed by atoms with van der Waals surface area (Å²) in [6.45, 7) is 3.56. The molecule has 2 amide bonds. The highest BCUT2D eigenvalue weighted by atomic mass is 32.2. The van der Waals surface area contributed by atoms with E-state index in [0.717, 1.165) is 41.1 Å². The molecule has 0 bridgehead atoms. The number of carbonyl (C=O) groups excluding carboxylic acids is 2. The van der Waals surface area contributed by atoms with Crippen molar-refractivity contribution in [1.29, 1.82) is 0 Å². The van der Waals surface area contributed by atoms with Gasteiger partial charge in [0.15, 0.2) is 0 Å². The Balaban J connectivity index is 1.46. The summed E-state index contributed by atoms with van der Waals surface area (Å²) in [6, 6.07) is 31.6. The second-order valence-electron chi connectivity index (χ2n) is 12.0. The van der Waals surface area contributed by atoms with Gasteiger partial charge in [-0.2, -0.15) is 0 Å². The summed E-state index contributed by atoms with van der Waals surface area (Å²) in [6.07, 6.45) is 4.91. The first-order valence-corrected chi connectivity index (χ1v) is 17.7. The van der Waals surface area contributed by atoms with Crippen LogP contribution in [0.1, 0.15) is 50.2 Å². The molecule has 8 nitrogen and oxygen atoms in total. The van der Waals surface area contributed by atoms with E-state index < -0.39 is 28.5 Å². The van der Waals surface area contributed by atoms with Crippen LogP contribution in [0.15, 0.2) is 114 Å². The van der Waals surface area contributed by atoms with Crippen LogP contribution < -0.4 is 14.4 Å². The average molecular weight is 654 g/mol. The normalized spacial score (nSPS) is 13.9. The fraction of sp³-hybridized carbons (Fsp3) is 0.316. The predicted octanol–water partition coefficient (Wildman–Crippen LogP) is 6.89. The summed E-state index contributed by atoms with van der Waals surface area (Å²) in [4.78, 5) is 29.6. The number of hydrogen-bond donors (Lipinski definition) is 1. The first kappa shape index (κ1) is 33.7. The Morgan fingerprint density at radius 1 is 0.830 bits per heavy atom. The van der Waals surface area contributed by atoms with E-state index >= 15 is 0 Å². The SMILES string of the molecule is CCC(C(=O)NC1CCCC1)N(CCc1ccccc1)C(=O)CN(c1ccc(Oc2ccccc2)cc1)S(=O)(=O)c1ccc(C)cc1. The molecule has 1 N–H and O–H groups in total. The lowest BCUT2D eigenvalue weighted by Crippen LogP contribution is -2.54. The van der Waals surface area contributed by atoms with Crippen molar-refractivity contribution < 1.29 is 22.7 Å². The molecule has 1 atom stereocenters. The number of nitrogens with one attached hydrogen (secondary N) is 1. The smallest absolute Gasteiger partial charge is 0.264 e. The van der Waals surface area contributed by atoms with Crippen molar-refractivity contribution >= 4 is 27.5 Å². The molecule has 5 rings (SSSR count). The van der Waals surface area contributed by atoms with Gasteiger partial charge in [-0.3, -0.25) is 13.9 Å². The second kappa shape index (κ2) is 15.8. The molecule has 4 aromatic rings. The van der Waals surface area contributed by atoms with Gasteiger partial charge in [0.25, 0.3) is 10.0 Å². The number of rotatable bonds is 14. The van der Waals surface area contributed by atoms with E-state index in [2.05, 4.69) is 5.32 Å². The van der Waals surface area contributed by atoms with E-state index in [1.807, 2.05) is 74.5 Å². The molecule has 1 aliphatic carbocycles. The molecule has 1 aliphatic rings. The summed E-state index contributed by atoms with van der Waals surface area (Å²) in [5.74, 6) is 0.527. The third kappa shape index (κ3) is 8.80. The van der Waals surface area contributed by atoms with Gasteiger partial charge >= 0.3 is 0 Å². The maximum absolute atomic E-state index is 14.3. The number of ether oxygens (including phenoxy) is 1. The maximum Gasteiger partial charge on any atom is 0.264 e. The van der Waals surface area contributed by atoms with Crippen molar-refractivity contribution in [3.05, 3.63) is 120 Å². The predicted molar refractivity (Wildman–Crippen MR) is 185 cm³/mol. The van der Waals surface area contributed by atoms with Crippen molar-refractivity contribution in [2.24, 2.45) is 0 Å². The van der Waals surface area contributed by atoms with E-state index in [9.17, 15) is 18.0 Å². The molecule has 1 unspecified atom stereocenters. The third-order valence-electron chi connectivity index (χ3n) is 8.56. The Morgan fingerprint density at radius 3 is 2.04 bits per heavy atom. The first-order valence-electron chi connectivity index (χ1n) is 16.3. The minimum absolute atomic E-state index is 0.0716. The van der Waals surface area contributed by atoms with Crippen LogP contribution in [0.25, 0.3) is 0 Å². The minimum atomic E-state index is -4.17. The number of amides is 2. The first-order chi connectivity index (χ1) is 22.7. The molecule has 246 valence electrons. The van der Waals surface area contributed by atoms with Crippen LogP contribution in [0.3, 0.4) is 0 Å². The number of sulfonamides is 1. The van der Waals surface area contributed by atoms with Crippen LogP contribution >= 0.6 is 0 Å². The number of benzene rings is 4. The number of hydrogen-bond acceptors (Lipinski definition) is 5.